The molecule has 1 N–H and O–H groups in total. The quantitative estimate of drug-likeness (QED) is 0.836. The van der Waals surface area contributed by atoms with E-state index >= 15 is 0 Å². The Bertz CT molecular complexity index is 259. The van der Waals surface area contributed by atoms with Crippen molar-refractivity contribution in [2.45, 2.75) is 57.4 Å². The number of likely N-dealkylation sites (tertiary alicyclic amines) is 1. The van der Waals surface area contributed by atoms with Crippen LogP contribution in [0.25, 0.3) is 0 Å². The van der Waals surface area contributed by atoms with Crippen LogP contribution in [0.2, 0.25) is 0 Å². The Kier molecular flexibility index (Phi) is 5.29. The van der Waals surface area contributed by atoms with Crippen LogP contribution in [0.1, 0.15) is 51.4 Å². The Morgan fingerprint density at radius 2 is 1.78 bits per heavy atom. The molecule has 0 aromatic carbocycles. The molecule has 2 fully saturated rings. The lowest BCUT2D eigenvalue weighted by atomic mass is 9.91. The number of carbonyl (C=O) groups is 1. The number of nitrogens with zero attached hydrogens (tertiary/aromatic N) is 2. The van der Waals surface area contributed by atoms with Gasteiger partial charge in [-0.3, -0.25) is 0 Å². The smallest absolute Gasteiger partial charge is 0.320 e. The molecule has 0 radical (unpaired) electrons. The maximum absolute atomic E-state index is 12.6. The molecule has 0 spiro atoms. The molecule has 0 aromatic rings. The van der Waals surface area contributed by atoms with Crippen LogP contribution in [-0.2, 0) is 0 Å². The van der Waals surface area contributed by atoms with Crippen LogP contribution in [0.5, 0.6) is 0 Å². The first-order chi connectivity index (χ1) is 8.83. The summed E-state index contributed by atoms with van der Waals surface area (Å²) < 4.78 is 0. The van der Waals surface area contributed by atoms with E-state index < -0.39 is 0 Å². The highest BCUT2D eigenvalue weighted by Crippen LogP contribution is 2.26. The van der Waals surface area contributed by atoms with Gasteiger partial charge in [-0.05, 0) is 38.5 Å². The third-order valence-corrected chi connectivity index (χ3v) is 4.19. The minimum Gasteiger partial charge on any atom is -0.396 e. The number of hydrogen-bond donors (Lipinski definition) is 1. The van der Waals surface area contributed by atoms with Crippen molar-refractivity contribution in [1.82, 2.24) is 9.80 Å². The Balaban J connectivity index is 1.92. The molecule has 18 heavy (non-hydrogen) atoms. The van der Waals surface area contributed by atoms with Crippen LogP contribution in [-0.4, -0.2) is 53.2 Å². The lowest BCUT2D eigenvalue weighted by Gasteiger charge is -2.40. The molecule has 1 saturated carbocycles. The summed E-state index contributed by atoms with van der Waals surface area (Å²) in [5, 5.41) is 8.97. The SMILES string of the molecule is O=C(N1CCCCCC1)N(CCCO)C1CCC1. The van der Waals surface area contributed by atoms with Crippen molar-refractivity contribution >= 4 is 6.03 Å². The molecule has 104 valence electrons. The highest BCUT2D eigenvalue weighted by Gasteiger charge is 2.31. The van der Waals surface area contributed by atoms with Crippen LogP contribution in [0.15, 0.2) is 0 Å². The number of aliphatic hydroxyl groups excluding tert-OH is 1. The summed E-state index contributed by atoms with van der Waals surface area (Å²) in [5.41, 5.74) is 0. The molecule has 1 heterocycles. The Labute approximate surface area is 110 Å². The van der Waals surface area contributed by atoms with Crippen LogP contribution < -0.4 is 0 Å². The summed E-state index contributed by atoms with van der Waals surface area (Å²) in [4.78, 5) is 16.6. The molecule has 4 heteroatoms. The summed E-state index contributed by atoms with van der Waals surface area (Å²) in [6, 6.07) is 0.655. The largest absolute Gasteiger partial charge is 0.396 e. The number of carbonyl (C=O) groups excluding carboxylic acids is 1. The maximum atomic E-state index is 12.6. The average Bonchev–Trinajstić information content (AvgIpc) is 2.59. The van der Waals surface area contributed by atoms with Crippen molar-refractivity contribution in [1.29, 1.82) is 0 Å². The maximum Gasteiger partial charge on any atom is 0.320 e. The fraction of sp³-hybridized carbons (Fsp3) is 0.929. The van der Waals surface area contributed by atoms with Crippen LogP contribution >= 0.6 is 0 Å². The van der Waals surface area contributed by atoms with Crippen molar-refractivity contribution in [3.63, 3.8) is 0 Å². The first-order valence-electron chi connectivity index (χ1n) is 7.49. The van der Waals surface area contributed by atoms with Crippen LogP contribution in [0.3, 0.4) is 0 Å². The summed E-state index contributed by atoms with van der Waals surface area (Å²) in [7, 11) is 0. The van der Waals surface area contributed by atoms with E-state index in [0.29, 0.717) is 12.5 Å². The van der Waals surface area contributed by atoms with Gasteiger partial charge in [0, 0.05) is 32.3 Å². The van der Waals surface area contributed by atoms with E-state index in [-0.39, 0.29) is 12.6 Å². The molecular weight excluding hydrogens is 228 g/mol. The van der Waals surface area contributed by atoms with Crippen molar-refractivity contribution in [2.24, 2.45) is 0 Å². The molecule has 0 unspecified atom stereocenters. The van der Waals surface area contributed by atoms with Gasteiger partial charge in [-0.1, -0.05) is 12.8 Å². The van der Waals surface area contributed by atoms with E-state index in [2.05, 4.69) is 0 Å². The first-order valence-corrected chi connectivity index (χ1v) is 7.49. The van der Waals surface area contributed by atoms with E-state index in [1.165, 1.54) is 19.3 Å². The van der Waals surface area contributed by atoms with Gasteiger partial charge in [-0.25, -0.2) is 4.79 Å². The van der Waals surface area contributed by atoms with E-state index in [1.54, 1.807) is 0 Å². The van der Waals surface area contributed by atoms with Crippen molar-refractivity contribution in [3.05, 3.63) is 0 Å². The fourth-order valence-corrected chi connectivity index (χ4v) is 2.82. The molecule has 0 atom stereocenters. The predicted octanol–water partition coefficient (Wildman–Crippen LogP) is 2.22. The third kappa shape index (κ3) is 3.37. The summed E-state index contributed by atoms with van der Waals surface area (Å²) in [6.45, 7) is 2.73. The van der Waals surface area contributed by atoms with E-state index in [0.717, 1.165) is 45.3 Å². The van der Waals surface area contributed by atoms with Gasteiger partial charge in [0.2, 0.25) is 0 Å². The van der Waals surface area contributed by atoms with Gasteiger partial charge >= 0.3 is 6.03 Å². The van der Waals surface area contributed by atoms with Gasteiger partial charge in [-0.2, -0.15) is 0 Å². The zero-order valence-electron chi connectivity index (χ0n) is 11.3. The Morgan fingerprint density at radius 3 is 2.28 bits per heavy atom. The molecule has 2 rings (SSSR count). The summed E-state index contributed by atoms with van der Waals surface area (Å²) in [6.07, 6.45) is 9.03. The molecule has 2 aliphatic rings. The van der Waals surface area contributed by atoms with Crippen molar-refractivity contribution in [3.8, 4) is 0 Å². The van der Waals surface area contributed by atoms with Crippen LogP contribution in [0, 0.1) is 0 Å². The lowest BCUT2D eigenvalue weighted by Crippen LogP contribution is -2.51. The van der Waals surface area contributed by atoms with Gasteiger partial charge in [-0.15, -0.1) is 0 Å². The van der Waals surface area contributed by atoms with Gasteiger partial charge < -0.3 is 14.9 Å². The Morgan fingerprint density at radius 1 is 1.11 bits per heavy atom. The fourth-order valence-electron chi connectivity index (χ4n) is 2.82. The lowest BCUT2D eigenvalue weighted by molar-refractivity contribution is 0.101. The molecule has 0 aromatic heterocycles. The normalized spacial score (nSPS) is 21.3. The number of rotatable bonds is 4. The topological polar surface area (TPSA) is 43.8 Å². The molecule has 4 nitrogen and oxygen atoms in total. The van der Waals surface area contributed by atoms with Crippen molar-refractivity contribution < 1.29 is 9.90 Å². The standard InChI is InChI=1S/C14H26N2O2/c17-12-6-11-16(13-7-5-8-13)14(18)15-9-3-1-2-4-10-15/h13,17H,1-12H2. The van der Waals surface area contributed by atoms with Crippen LogP contribution in [0.4, 0.5) is 4.79 Å². The monoisotopic (exact) mass is 254 g/mol. The minimum atomic E-state index is 0.177. The van der Waals surface area contributed by atoms with E-state index in [4.69, 9.17) is 5.11 Å². The number of hydrogen-bond acceptors (Lipinski definition) is 2. The zero-order valence-corrected chi connectivity index (χ0v) is 11.3. The summed E-state index contributed by atoms with van der Waals surface area (Å²) >= 11 is 0. The molecule has 1 aliphatic heterocycles. The zero-order chi connectivity index (χ0) is 12.8. The summed E-state index contributed by atoms with van der Waals surface area (Å²) in [5.74, 6) is 0. The first kappa shape index (κ1) is 13.7. The van der Waals surface area contributed by atoms with Gasteiger partial charge in [0.1, 0.15) is 0 Å². The predicted molar refractivity (Wildman–Crippen MR) is 71.5 cm³/mol. The highest BCUT2D eigenvalue weighted by atomic mass is 16.3. The Hall–Kier alpha value is -0.770. The average molecular weight is 254 g/mol. The molecule has 1 saturated heterocycles. The number of aliphatic hydroxyl groups is 1. The molecule has 0 bridgehead atoms. The van der Waals surface area contributed by atoms with Gasteiger partial charge in [0.15, 0.2) is 0 Å². The van der Waals surface area contributed by atoms with Crippen molar-refractivity contribution in [2.75, 3.05) is 26.2 Å². The van der Waals surface area contributed by atoms with E-state index in [9.17, 15) is 4.79 Å². The minimum absolute atomic E-state index is 0.177. The van der Waals surface area contributed by atoms with Gasteiger partial charge in [0.05, 0.1) is 0 Å². The third-order valence-electron chi connectivity index (χ3n) is 4.19. The second kappa shape index (κ2) is 6.98. The second-order valence-electron chi connectivity index (χ2n) is 5.54. The van der Waals surface area contributed by atoms with Gasteiger partial charge in [0.25, 0.3) is 0 Å². The molecular formula is C14H26N2O2. The van der Waals surface area contributed by atoms with E-state index in [1.807, 2.05) is 9.80 Å². The second-order valence-corrected chi connectivity index (χ2v) is 5.54. The number of amides is 2. The molecule has 2 amide bonds. The number of urea groups is 1. The molecule has 1 aliphatic carbocycles. The highest BCUT2D eigenvalue weighted by molar-refractivity contribution is 5.75.